The van der Waals surface area contributed by atoms with Gasteiger partial charge in [0.05, 0.1) is 0 Å². The fraction of sp³-hybridized carbons (Fsp3) is 0.120. The fourth-order valence-electron chi connectivity index (χ4n) is 3.07. The van der Waals surface area contributed by atoms with Crippen LogP contribution in [0.5, 0.6) is 5.75 Å². The van der Waals surface area contributed by atoms with E-state index in [1.165, 1.54) is 0 Å². The molecule has 34 heavy (non-hydrogen) atoms. The Labute approximate surface area is 196 Å². The lowest BCUT2D eigenvalue weighted by Gasteiger charge is -2.15. The maximum atomic E-state index is 12.3. The molecule has 0 aromatic heterocycles. The maximum absolute atomic E-state index is 12.3. The minimum Gasteiger partial charge on any atom is -0.484 e. The van der Waals surface area contributed by atoms with Gasteiger partial charge in [0.2, 0.25) is 0 Å². The number of nitrogen functional groups attached to an aromatic ring is 1. The quantitative estimate of drug-likeness (QED) is 0.231. The van der Waals surface area contributed by atoms with Crippen molar-refractivity contribution in [2.45, 2.75) is 12.5 Å². The Morgan fingerprint density at radius 3 is 2.15 bits per heavy atom. The van der Waals surface area contributed by atoms with E-state index in [0.717, 1.165) is 0 Å². The Morgan fingerprint density at radius 1 is 0.912 bits per heavy atom. The highest BCUT2D eigenvalue weighted by Crippen LogP contribution is 2.15. The molecule has 0 unspecified atom stereocenters. The van der Waals surface area contributed by atoms with Crippen LogP contribution in [-0.4, -0.2) is 41.4 Å². The van der Waals surface area contributed by atoms with Gasteiger partial charge < -0.3 is 26.2 Å². The zero-order valence-corrected chi connectivity index (χ0v) is 18.2. The first-order chi connectivity index (χ1) is 16.3. The number of nitrogens with two attached hydrogens (primary N) is 1. The molecule has 3 aromatic rings. The van der Waals surface area contributed by atoms with E-state index in [9.17, 15) is 19.5 Å². The molecule has 6 N–H and O–H groups in total. The van der Waals surface area contributed by atoms with Crippen molar-refractivity contribution in [3.8, 4) is 5.75 Å². The van der Waals surface area contributed by atoms with Crippen LogP contribution in [0.15, 0.2) is 78.9 Å². The summed E-state index contributed by atoms with van der Waals surface area (Å²) in [6.45, 7) is -0.224. The molecule has 1 atom stereocenters. The maximum Gasteiger partial charge on any atom is 0.326 e. The molecule has 0 saturated heterocycles. The van der Waals surface area contributed by atoms with E-state index in [2.05, 4.69) is 10.6 Å². The molecule has 0 bridgehead atoms. The Balaban J connectivity index is 1.51. The number of amides is 2. The van der Waals surface area contributed by atoms with Crippen LogP contribution in [0.1, 0.15) is 21.5 Å². The summed E-state index contributed by atoms with van der Waals surface area (Å²) >= 11 is 0. The number of aliphatic carboxylic acids is 1. The highest BCUT2D eigenvalue weighted by Gasteiger charge is 2.21. The molecule has 3 rings (SSSR count). The second kappa shape index (κ2) is 11.3. The number of hydrogen-bond acceptors (Lipinski definition) is 5. The number of benzene rings is 3. The highest BCUT2D eigenvalue weighted by molar-refractivity contribution is 5.97. The van der Waals surface area contributed by atoms with Gasteiger partial charge in [-0.2, -0.15) is 0 Å². The van der Waals surface area contributed by atoms with Crippen LogP contribution in [0.4, 0.5) is 5.69 Å². The molecule has 0 radical (unpaired) electrons. The van der Waals surface area contributed by atoms with Crippen LogP contribution in [0.2, 0.25) is 0 Å². The zero-order valence-electron chi connectivity index (χ0n) is 18.2. The van der Waals surface area contributed by atoms with Gasteiger partial charge in [-0.25, -0.2) is 4.79 Å². The van der Waals surface area contributed by atoms with Crippen molar-refractivity contribution in [2.24, 2.45) is 5.73 Å². The number of carbonyl (C=O) groups excluding carboxylic acids is 2. The largest absolute Gasteiger partial charge is 0.484 e. The Hall–Kier alpha value is -4.66. The van der Waals surface area contributed by atoms with Crippen molar-refractivity contribution in [1.82, 2.24) is 5.32 Å². The second-order valence-corrected chi connectivity index (χ2v) is 7.41. The molecular formula is C25H24N4O5. The van der Waals surface area contributed by atoms with Gasteiger partial charge in [0.25, 0.3) is 11.8 Å². The number of amidine groups is 1. The van der Waals surface area contributed by atoms with Crippen molar-refractivity contribution in [2.75, 3.05) is 11.9 Å². The van der Waals surface area contributed by atoms with E-state index in [1.807, 2.05) is 0 Å². The molecule has 174 valence electrons. The molecule has 0 aliphatic carbocycles. The van der Waals surface area contributed by atoms with Crippen LogP contribution in [-0.2, 0) is 16.0 Å². The molecule has 9 heteroatoms. The number of hydrogen-bond donors (Lipinski definition) is 5. The van der Waals surface area contributed by atoms with Crippen molar-refractivity contribution >= 4 is 29.3 Å². The van der Waals surface area contributed by atoms with Gasteiger partial charge in [-0.1, -0.05) is 30.3 Å². The van der Waals surface area contributed by atoms with E-state index in [1.54, 1.807) is 78.9 Å². The lowest BCUT2D eigenvalue weighted by Crippen LogP contribution is -2.42. The van der Waals surface area contributed by atoms with Crippen LogP contribution >= 0.6 is 0 Å². The zero-order chi connectivity index (χ0) is 24.5. The fourth-order valence-corrected chi connectivity index (χ4v) is 3.07. The van der Waals surface area contributed by atoms with Crippen molar-refractivity contribution in [3.63, 3.8) is 0 Å². The second-order valence-electron chi connectivity index (χ2n) is 7.41. The number of carbonyl (C=O) groups is 3. The summed E-state index contributed by atoms with van der Waals surface area (Å²) in [5.41, 5.74) is 7.57. The lowest BCUT2D eigenvalue weighted by molar-refractivity contribution is -0.139. The lowest BCUT2D eigenvalue weighted by atomic mass is 10.1. The third kappa shape index (κ3) is 6.92. The predicted octanol–water partition coefficient (Wildman–Crippen LogP) is 2.41. The summed E-state index contributed by atoms with van der Waals surface area (Å²) in [5, 5.41) is 22.1. The average Bonchev–Trinajstić information content (AvgIpc) is 2.84. The minimum absolute atomic E-state index is 0.0575. The Kier molecular flexibility index (Phi) is 7.96. The van der Waals surface area contributed by atoms with Crippen LogP contribution in [0, 0.1) is 5.41 Å². The number of nitrogens with one attached hydrogen (secondary N) is 3. The van der Waals surface area contributed by atoms with Crippen molar-refractivity contribution < 1.29 is 24.2 Å². The first kappa shape index (κ1) is 24.0. The van der Waals surface area contributed by atoms with Gasteiger partial charge in [-0.15, -0.1) is 0 Å². The third-order valence-electron chi connectivity index (χ3n) is 4.85. The number of ether oxygens (including phenoxy) is 1. The van der Waals surface area contributed by atoms with Gasteiger partial charge in [0, 0.05) is 23.2 Å². The monoisotopic (exact) mass is 460 g/mol. The first-order valence-electron chi connectivity index (χ1n) is 10.4. The predicted molar refractivity (Wildman–Crippen MR) is 127 cm³/mol. The summed E-state index contributed by atoms with van der Waals surface area (Å²) < 4.78 is 5.48. The topological polar surface area (TPSA) is 155 Å². The minimum atomic E-state index is -1.14. The summed E-state index contributed by atoms with van der Waals surface area (Å²) in [5.74, 6) is -1.59. The molecule has 0 aliphatic rings. The van der Waals surface area contributed by atoms with Gasteiger partial charge in [0.1, 0.15) is 17.6 Å². The number of rotatable bonds is 10. The summed E-state index contributed by atoms with van der Waals surface area (Å²) in [6, 6.07) is 20.4. The van der Waals surface area contributed by atoms with E-state index in [4.69, 9.17) is 15.9 Å². The van der Waals surface area contributed by atoms with Crippen molar-refractivity contribution in [3.05, 3.63) is 95.6 Å². The van der Waals surface area contributed by atoms with E-state index >= 15 is 0 Å². The van der Waals surface area contributed by atoms with Crippen LogP contribution in [0.3, 0.4) is 0 Å². The van der Waals surface area contributed by atoms with E-state index in [0.29, 0.717) is 28.1 Å². The molecule has 0 aliphatic heterocycles. The van der Waals surface area contributed by atoms with Crippen LogP contribution < -0.4 is 21.1 Å². The summed E-state index contributed by atoms with van der Waals surface area (Å²) in [7, 11) is 0. The van der Waals surface area contributed by atoms with Gasteiger partial charge in [0.15, 0.2) is 6.61 Å². The SMILES string of the molecule is N=C(N)c1ccc(NC(=O)COc2ccc(C[C@H](NC(=O)c3ccccc3)C(=O)O)cc2)cc1. The smallest absolute Gasteiger partial charge is 0.326 e. The first-order valence-corrected chi connectivity index (χ1v) is 10.4. The molecule has 0 heterocycles. The standard InChI is InChI=1S/C25H24N4O5/c26-23(27)17-8-10-19(11-9-17)28-22(30)15-34-20-12-6-16(7-13-20)14-21(25(32)33)29-24(31)18-4-2-1-3-5-18/h1-13,21H,14-15H2,(H3,26,27)(H,28,30)(H,29,31)(H,32,33)/t21-/m0/s1. The van der Waals surface area contributed by atoms with Gasteiger partial charge in [-0.3, -0.25) is 15.0 Å². The molecule has 0 fully saturated rings. The number of carboxylic acid groups (broad SMARTS) is 1. The van der Waals surface area contributed by atoms with Gasteiger partial charge in [-0.05, 0) is 54.1 Å². The van der Waals surface area contributed by atoms with Gasteiger partial charge >= 0.3 is 5.97 Å². The Bertz CT molecular complexity index is 1160. The molecular weight excluding hydrogens is 436 g/mol. The van der Waals surface area contributed by atoms with E-state index < -0.39 is 17.9 Å². The molecule has 2 amide bonds. The Morgan fingerprint density at radius 2 is 1.56 bits per heavy atom. The summed E-state index contributed by atoms with van der Waals surface area (Å²) in [4.78, 5) is 36.0. The normalized spacial score (nSPS) is 11.2. The third-order valence-corrected chi connectivity index (χ3v) is 4.85. The molecule has 9 nitrogen and oxygen atoms in total. The van der Waals surface area contributed by atoms with E-state index in [-0.39, 0.29) is 24.8 Å². The molecule has 0 spiro atoms. The summed E-state index contributed by atoms with van der Waals surface area (Å²) in [6.07, 6.45) is 0.0882. The molecule has 3 aromatic carbocycles. The van der Waals surface area contributed by atoms with Crippen LogP contribution in [0.25, 0.3) is 0 Å². The highest BCUT2D eigenvalue weighted by atomic mass is 16.5. The van der Waals surface area contributed by atoms with Crippen molar-refractivity contribution in [1.29, 1.82) is 5.41 Å². The number of carboxylic acids is 1. The average molecular weight is 460 g/mol. The molecule has 0 saturated carbocycles. The number of anilines is 1.